The first-order valence-electron chi connectivity index (χ1n) is 8.08. The van der Waals surface area contributed by atoms with E-state index < -0.39 is 0 Å². The van der Waals surface area contributed by atoms with E-state index in [-0.39, 0.29) is 0 Å². The van der Waals surface area contributed by atoms with E-state index in [1.807, 2.05) is 31.2 Å². The van der Waals surface area contributed by atoms with Gasteiger partial charge in [0.2, 0.25) is 0 Å². The van der Waals surface area contributed by atoms with Gasteiger partial charge in [-0.2, -0.15) is 10.2 Å². The minimum absolute atomic E-state index is 0.524. The Morgan fingerprint density at radius 1 is 1.08 bits per heavy atom. The van der Waals surface area contributed by atoms with Crippen LogP contribution < -0.4 is 0 Å². The standard InChI is InChI=1S/C19H17ClN4O/c1-23-10-15(9-21-23)12-3-5-13(6-4-12)19-17-16(22-24(19)2)8-7-14(11-25)18(17)20/h3-6,9-11H,7-8H2,1-2H3. The molecule has 0 spiro atoms. The highest BCUT2D eigenvalue weighted by Gasteiger charge is 2.26. The van der Waals surface area contributed by atoms with E-state index in [4.69, 9.17) is 11.6 Å². The molecule has 0 amide bonds. The van der Waals surface area contributed by atoms with Crippen molar-refractivity contribution in [1.82, 2.24) is 19.6 Å². The second-order valence-corrected chi connectivity index (χ2v) is 6.61. The molecule has 4 rings (SSSR count). The average molecular weight is 353 g/mol. The Labute approximate surface area is 150 Å². The SMILES string of the molecule is Cn1cc(-c2ccc(-c3c4c(nn3C)CCC(C=O)=C4Cl)cc2)cn1. The summed E-state index contributed by atoms with van der Waals surface area (Å²) >= 11 is 6.50. The first-order valence-corrected chi connectivity index (χ1v) is 8.46. The average Bonchev–Trinajstić information content (AvgIpc) is 3.19. The highest BCUT2D eigenvalue weighted by atomic mass is 35.5. The van der Waals surface area contributed by atoms with E-state index in [2.05, 4.69) is 34.5 Å². The Morgan fingerprint density at radius 3 is 2.44 bits per heavy atom. The number of aryl methyl sites for hydroxylation is 3. The molecule has 0 N–H and O–H groups in total. The zero-order chi connectivity index (χ0) is 17.6. The Kier molecular flexibility index (Phi) is 3.81. The van der Waals surface area contributed by atoms with Gasteiger partial charge in [-0.05, 0) is 18.4 Å². The lowest BCUT2D eigenvalue weighted by Gasteiger charge is -2.13. The summed E-state index contributed by atoms with van der Waals surface area (Å²) in [6.45, 7) is 0. The zero-order valence-electron chi connectivity index (χ0n) is 14.0. The van der Waals surface area contributed by atoms with Crippen LogP contribution in [0.1, 0.15) is 17.7 Å². The van der Waals surface area contributed by atoms with Crippen LogP contribution in [-0.4, -0.2) is 25.8 Å². The van der Waals surface area contributed by atoms with Gasteiger partial charge in [-0.15, -0.1) is 0 Å². The smallest absolute Gasteiger partial charge is 0.147 e. The molecule has 0 radical (unpaired) electrons. The topological polar surface area (TPSA) is 52.7 Å². The van der Waals surface area contributed by atoms with E-state index in [0.29, 0.717) is 17.0 Å². The van der Waals surface area contributed by atoms with Crippen molar-refractivity contribution in [3.8, 4) is 22.4 Å². The molecule has 0 unspecified atom stereocenters. The molecule has 0 atom stereocenters. The van der Waals surface area contributed by atoms with Gasteiger partial charge in [0.05, 0.1) is 22.6 Å². The van der Waals surface area contributed by atoms with Crippen molar-refractivity contribution in [2.24, 2.45) is 14.1 Å². The number of aromatic nitrogens is 4. The number of allylic oxidation sites excluding steroid dienone is 1. The van der Waals surface area contributed by atoms with Crippen molar-refractivity contribution in [1.29, 1.82) is 0 Å². The third kappa shape index (κ3) is 2.61. The molecule has 126 valence electrons. The van der Waals surface area contributed by atoms with E-state index in [9.17, 15) is 4.79 Å². The van der Waals surface area contributed by atoms with Gasteiger partial charge in [0.1, 0.15) is 6.29 Å². The van der Waals surface area contributed by atoms with Crippen LogP contribution in [0.4, 0.5) is 0 Å². The van der Waals surface area contributed by atoms with Gasteiger partial charge in [-0.1, -0.05) is 35.9 Å². The summed E-state index contributed by atoms with van der Waals surface area (Å²) in [6, 6.07) is 8.23. The molecular formula is C19H17ClN4O. The number of fused-ring (bicyclic) bond motifs is 1. The van der Waals surface area contributed by atoms with Crippen LogP contribution >= 0.6 is 11.6 Å². The van der Waals surface area contributed by atoms with Crippen molar-refractivity contribution >= 4 is 22.9 Å². The van der Waals surface area contributed by atoms with Crippen molar-refractivity contribution in [3.63, 3.8) is 0 Å². The van der Waals surface area contributed by atoms with Crippen LogP contribution in [0.15, 0.2) is 42.2 Å². The van der Waals surface area contributed by atoms with Crippen LogP contribution in [0.3, 0.4) is 0 Å². The molecule has 2 heterocycles. The number of hydrogen-bond donors (Lipinski definition) is 0. The number of carbonyl (C=O) groups is 1. The molecule has 0 saturated carbocycles. The fraction of sp³-hybridized carbons (Fsp3) is 0.211. The first kappa shape index (κ1) is 15.8. The van der Waals surface area contributed by atoms with Gasteiger partial charge < -0.3 is 0 Å². The number of benzene rings is 1. The molecule has 0 fully saturated rings. The van der Waals surface area contributed by atoms with Crippen LogP contribution in [0.5, 0.6) is 0 Å². The van der Waals surface area contributed by atoms with Gasteiger partial charge in [0.15, 0.2) is 0 Å². The summed E-state index contributed by atoms with van der Waals surface area (Å²) in [7, 11) is 3.81. The van der Waals surface area contributed by atoms with Gasteiger partial charge in [0.25, 0.3) is 0 Å². The van der Waals surface area contributed by atoms with E-state index >= 15 is 0 Å². The third-order valence-corrected chi connectivity index (χ3v) is 5.02. The van der Waals surface area contributed by atoms with Crippen LogP contribution in [0.2, 0.25) is 0 Å². The maximum Gasteiger partial charge on any atom is 0.147 e. The fourth-order valence-electron chi connectivity index (χ4n) is 3.34. The van der Waals surface area contributed by atoms with Crippen LogP contribution in [0.25, 0.3) is 27.4 Å². The van der Waals surface area contributed by atoms with E-state index in [1.165, 1.54) is 0 Å². The minimum atomic E-state index is 0.524. The second-order valence-electron chi connectivity index (χ2n) is 6.23. The Bertz CT molecular complexity index is 995. The lowest BCUT2D eigenvalue weighted by Crippen LogP contribution is -2.02. The molecule has 3 aromatic rings. The van der Waals surface area contributed by atoms with Gasteiger partial charge in [0, 0.05) is 42.6 Å². The highest BCUT2D eigenvalue weighted by Crippen LogP contribution is 2.39. The second kappa shape index (κ2) is 6.01. The Morgan fingerprint density at radius 2 is 1.80 bits per heavy atom. The number of rotatable bonds is 3. The minimum Gasteiger partial charge on any atom is -0.298 e. The van der Waals surface area contributed by atoms with Crippen LogP contribution in [-0.2, 0) is 25.3 Å². The van der Waals surface area contributed by atoms with E-state index in [0.717, 1.165) is 46.3 Å². The summed E-state index contributed by atoms with van der Waals surface area (Å²) < 4.78 is 3.63. The first-order chi connectivity index (χ1) is 12.1. The van der Waals surface area contributed by atoms with Crippen LogP contribution in [0, 0.1) is 0 Å². The number of aldehydes is 1. The monoisotopic (exact) mass is 352 g/mol. The number of hydrogen-bond acceptors (Lipinski definition) is 3. The van der Waals surface area contributed by atoms with Crippen molar-refractivity contribution < 1.29 is 4.79 Å². The molecule has 6 heteroatoms. The fourth-order valence-corrected chi connectivity index (χ4v) is 3.68. The van der Waals surface area contributed by atoms with Gasteiger partial charge in [-0.25, -0.2) is 0 Å². The van der Waals surface area contributed by atoms with E-state index in [1.54, 1.807) is 4.68 Å². The molecule has 0 saturated heterocycles. The summed E-state index contributed by atoms with van der Waals surface area (Å²) in [6.07, 6.45) is 6.06. The van der Waals surface area contributed by atoms with Crippen molar-refractivity contribution in [3.05, 3.63) is 53.5 Å². The lowest BCUT2D eigenvalue weighted by atomic mass is 9.94. The maximum absolute atomic E-state index is 11.3. The number of nitrogens with zero attached hydrogens (tertiary/aromatic N) is 4. The zero-order valence-corrected chi connectivity index (χ0v) is 14.8. The molecule has 1 aliphatic rings. The largest absolute Gasteiger partial charge is 0.298 e. The molecule has 0 bridgehead atoms. The Hall–Kier alpha value is -2.66. The quantitative estimate of drug-likeness (QED) is 0.677. The molecule has 25 heavy (non-hydrogen) atoms. The summed E-state index contributed by atoms with van der Waals surface area (Å²) in [4.78, 5) is 11.3. The number of halogens is 1. The predicted octanol–water partition coefficient (Wildman–Crippen LogP) is 3.58. The van der Waals surface area contributed by atoms with Gasteiger partial charge in [-0.3, -0.25) is 14.2 Å². The van der Waals surface area contributed by atoms with Crippen molar-refractivity contribution in [2.45, 2.75) is 12.8 Å². The summed E-state index contributed by atoms with van der Waals surface area (Å²) in [5, 5.41) is 9.33. The molecule has 5 nitrogen and oxygen atoms in total. The number of carbonyl (C=O) groups excluding carboxylic acids is 1. The highest BCUT2D eigenvalue weighted by molar-refractivity contribution is 6.51. The molecule has 0 aliphatic heterocycles. The summed E-state index contributed by atoms with van der Waals surface area (Å²) in [5.74, 6) is 0. The molecular weight excluding hydrogens is 336 g/mol. The normalized spacial score (nSPS) is 13.9. The van der Waals surface area contributed by atoms with Gasteiger partial charge >= 0.3 is 0 Å². The molecule has 2 aromatic heterocycles. The lowest BCUT2D eigenvalue weighted by molar-refractivity contribution is -0.105. The molecule has 1 aliphatic carbocycles. The molecule has 1 aromatic carbocycles. The predicted molar refractivity (Wildman–Crippen MR) is 98.0 cm³/mol. The Balaban J connectivity index is 1.80. The van der Waals surface area contributed by atoms with Crippen molar-refractivity contribution in [2.75, 3.05) is 0 Å². The maximum atomic E-state index is 11.3. The third-order valence-electron chi connectivity index (χ3n) is 4.59. The summed E-state index contributed by atoms with van der Waals surface area (Å²) in [5.41, 5.74) is 6.61.